The minimum absolute atomic E-state index is 0.0398. The first-order chi connectivity index (χ1) is 9.60. The molecule has 1 aromatic carbocycles. The number of aromatic nitrogens is 1. The summed E-state index contributed by atoms with van der Waals surface area (Å²) >= 11 is 0. The first-order valence-corrected chi connectivity index (χ1v) is 6.70. The molecule has 1 aromatic heterocycles. The zero-order valence-corrected chi connectivity index (χ0v) is 11.7. The molecule has 20 heavy (non-hydrogen) atoms. The topological polar surface area (TPSA) is 24.9 Å². The molecule has 4 heteroatoms. The van der Waals surface area contributed by atoms with Crippen molar-refractivity contribution in [3.63, 3.8) is 0 Å². The van der Waals surface area contributed by atoms with Crippen LogP contribution in [0.3, 0.4) is 0 Å². The molecule has 1 atom stereocenters. The number of rotatable bonds is 5. The molecule has 0 saturated heterocycles. The van der Waals surface area contributed by atoms with Crippen molar-refractivity contribution in [1.29, 1.82) is 0 Å². The van der Waals surface area contributed by atoms with Crippen molar-refractivity contribution in [3.8, 4) is 0 Å². The molecule has 0 aliphatic carbocycles. The van der Waals surface area contributed by atoms with Gasteiger partial charge in [-0.15, -0.1) is 0 Å². The highest BCUT2D eigenvalue weighted by Crippen LogP contribution is 2.19. The fourth-order valence-corrected chi connectivity index (χ4v) is 2.14. The van der Waals surface area contributed by atoms with Gasteiger partial charge in [0.1, 0.15) is 0 Å². The lowest BCUT2D eigenvalue weighted by Crippen LogP contribution is -2.23. The van der Waals surface area contributed by atoms with Crippen LogP contribution in [0.15, 0.2) is 36.5 Å². The predicted octanol–water partition coefficient (Wildman–Crippen LogP) is 3.56. The van der Waals surface area contributed by atoms with Crippen LogP contribution in [0.4, 0.5) is 8.78 Å². The van der Waals surface area contributed by atoms with Gasteiger partial charge in [0.15, 0.2) is 11.6 Å². The summed E-state index contributed by atoms with van der Waals surface area (Å²) in [6.45, 7) is 4.74. The third kappa shape index (κ3) is 3.61. The zero-order valence-electron chi connectivity index (χ0n) is 11.7. The van der Waals surface area contributed by atoms with Crippen molar-refractivity contribution in [2.24, 2.45) is 0 Å². The Labute approximate surface area is 117 Å². The van der Waals surface area contributed by atoms with Crippen LogP contribution in [-0.2, 0) is 6.42 Å². The molecule has 106 valence electrons. The average Bonchev–Trinajstić information content (AvgIpc) is 2.43. The second kappa shape index (κ2) is 6.57. The second-order valence-corrected chi connectivity index (χ2v) is 4.80. The Balaban J connectivity index is 2.20. The van der Waals surface area contributed by atoms with Crippen molar-refractivity contribution < 1.29 is 8.78 Å². The lowest BCUT2D eigenvalue weighted by Gasteiger charge is -2.18. The van der Waals surface area contributed by atoms with E-state index < -0.39 is 11.6 Å². The standard InChI is InChI=1S/C16H18F2N2/c1-3-19-16(13-6-4-11(2)20-10-13)9-12-5-7-14(17)15(18)8-12/h4-8,10,16,19H,3,9H2,1-2H3. The predicted molar refractivity (Wildman–Crippen MR) is 75.5 cm³/mol. The van der Waals surface area contributed by atoms with Crippen LogP contribution in [0.1, 0.15) is 29.8 Å². The van der Waals surface area contributed by atoms with E-state index >= 15 is 0 Å². The van der Waals surface area contributed by atoms with E-state index in [2.05, 4.69) is 10.3 Å². The van der Waals surface area contributed by atoms with Gasteiger partial charge in [-0.1, -0.05) is 19.1 Å². The van der Waals surface area contributed by atoms with Crippen molar-refractivity contribution in [3.05, 3.63) is 65.0 Å². The highest BCUT2D eigenvalue weighted by Gasteiger charge is 2.13. The molecule has 0 aliphatic rings. The van der Waals surface area contributed by atoms with Crippen molar-refractivity contribution in [2.45, 2.75) is 26.3 Å². The van der Waals surface area contributed by atoms with Gasteiger partial charge in [0.05, 0.1) is 0 Å². The van der Waals surface area contributed by atoms with E-state index in [4.69, 9.17) is 0 Å². The molecule has 0 amide bonds. The lowest BCUT2D eigenvalue weighted by molar-refractivity contribution is 0.502. The normalized spacial score (nSPS) is 12.4. The van der Waals surface area contributed by atoms with Gasteiger partial charge in [-0.05, 0) is 49.2 Å². The molecular weight excluding hydrogens is 258 g/mol. The number of pyridine rings is 1. The third-order valence-electron chi connectivity index (χ3n) is 3.21. The summed E-state index contributed by atoms with van der Waals surface area (Å²) in [5, 5.41) is 3.34. The summed E-state index contributed by atoms with van der Waals surface area (Å²) in [6.07, 6.45) is 2.42. The first-order valence-electron chi connectivity index (χ1n) is 6.70. The van der Waals surface area contributed by atoms with Gasteiger partial charge in [-0.2, -0.15) is 0 Å². The van der Waals surface area contributed by atoms with Crippen molar-refractivity contribution >= 4 is 0 Å². The molecule has 0 saturated carbocycles. The molecule has 0 aliphatic heterocycles. The number of benzene rings is 1. The van der Waals surface area contributed by atoms with Gasteiger partial charge in [-0.25, -0.2) is 8.78 Å². The van der Waals surface area contributed by atoms with Crippen LogP contribution >= 0.6 is 0 Å². The van der Waals surface area contributed by atoms with Gasteiger partial charge in [0.2, 0.25) is 0 Å². The Hall–Kier alpha value is -1.81. The summed E-state index contributed by atoms with van der Waals surface area (Å²) in [7, 11) is 0. The molecule has 0 spiro atoms. The monoisotopic (exact) mass is 276 g/mol. The maximum atomic E-state index is 13.3. The molecular formula is C16H18F2N2. The van der Waals surface area contributed by atoms with Gasteiger partial charge >= 0.3 is 0 Å². The maximum absolute atomic E-state index is 13.3. The summed E-state index contributed by atoms with van der Waals surface area (Å²) in [4.78, 5) is 4.28. The van der Waals surface area contributed by atoms with E-state index in [-0.39, 0.29) is 6.04 Å². The van der Waals surface area contributed by atoms with Gasteiger partial charge in [-0.3, -0.25) is 4.98 Å². The van der Waals surface area contributed by atoms with E-state index in [0.717, 1.165) is 23.4 Å². The fourth-order valence-electron chi connectivity index (χ4n) is 2.14. The van der Waals surface area contributed by atoms with Crippen LogP contribution in [0.2, 0.25) is 0 Å². The van der Waals surface area contributed by atoms with Crippen LogP contribution in [0.5, 0.6) is 0 Å². The van der Waals surface area contributed by atoms with Crippen LogP contribution in [-0.4, -0.2) is 11.5 Å². The van der Waals surface area contributed by atoms with E-state index in [1.807, 2.05) is 32.2 Å². The van der Waals surface area contributed by atoms with E-state index in [0.29, 0.717) is 6.42 Å². The fraction of sp³-hybridized carbons (Fsp3) is 0.312. The Morgan fingerprint density at radius 3 is 2.55 bits per heavy atom. The van der Waals surface area contributed by atoms with Crippen molar-refractivity contribution in [2.75, 3.05) is 6.54 Å². The molecule has 0 radical (unpaired) electrons. The largest absolute Gasteiger partial charge is 0.310 e. The molecule has 1 heterocycles. The quantitative estimate of drug-likeness (QED) is 0.903. The SMILES string of the molecule is CCNC(Cc1ccc(F)c(F)c1)c1ccc(C)nc1. The van der Waals surface area contributed by atoms with E-state index in [1.54, 1.807) is 6.07 Å². The number of hydrogen-bond acceptors (Lipinski definition) is 2. The summed E-state index contributed by atoms with van der Waals surface area (Å²) in [5.74, 6) is -1.62. The molecule has 2 aromatic rings. The minimum Gasteiger partial charge on any atom is -0.310 e. The van der Waals surface area contributed by atoms with E-state index in [9.17, 15) is 8.78 Å². The molecule has 0 bridgehead atoms. The Bertz CT molecular complexity index is 567. The number of nitrogens with one attached hydrogen (secondary N) is 1. The highest BCUT2D eigenvalue weighted by molar-refractivity contribution is 5.23. The highest BCUT2D eigenvalue weighted by atomic mass is 19.2. The number of likely N-dealkylation sites (N-methyl/N-ethyl adjacent to an activating group) is 1. The molecule has 2 nitrogen and oxygen atoms in total. The molecule has 1 N–H and O–H groups in total. The summed E-state index contributed by atoms with van der Waals surface area (Å²) in [6, 6.07) is 8.03. The molecule has 2 rings (SSSR count). The summed E-state index contributed by atoms with van der Waals surface area (Å²) < 4.78 is 26.2. The average molecular weight is 276 g/mol. The first kappa shape index (κ1) is 14.6. The van der Waals surface area contributed by atoms with Crippen LogP contribution in [0.25, 0.3) is 0 Å². The zero-order chi connectivity index (χ0) is 14.5. The maximum Gasteiger partial charge on any atom is 0.159 e. The molecule has 0 fully saturated rings. The van der Waals surface area contributed by atoms with Crippen LogP contribution < -0.4 is 5.32 Å². The Kier molecular flexibility index (Phi) is 4.79. The lowest BCUT2D eigenvalue weighted by atomic mass is 10.00. The molecule has 1 unspecified atom stereocenters. The third-order valence-corrected chi connectivity index (χ3v) is 3.21. The summed E-state index contributed by atoms with van der Waals surface area (Å²) in [5.41, 5.74) is 2.76. The minimum atomic E-state index is -0.814. The van der Waals surface area contributed by atoms with Gasteiger partial charge in [0.25, 0.3) is 0 Å². The second-order valence-electron chi connectivity index (χ2n) is 4.80. The smallest absolute Gasteiger partial charge is 0.159 e. The number of aryl methyl sites for hydroxylation is 1. The Morgan fingerprint density at radius 1 is 1.15 bits per heavy atom. The Morgan fingerprint density at radius 2 is 1.95 bits per heavy atom. The van der Waals surface area contributed by atoms with Gasteiger partial charge < -0.3 is 5.32 Å². The van der Waals surface area contributed by atoms with Gasteiger partial charge in [0, 0.05) is 17.9 Å². The number of hydrogen-bond donors (Lipinski definition) is 1. The van der Waals surface area contributed by atoms with Crippen molar-refractivity contribution in [1.82, 2.24) is 10.3 Å². The van der Waals surface area contributed by atoms with Crippen LogP contribution in [0, 0.1) is 18.6 Å². The number of halogens is 2. The van der Waals surface area contributed by atoms with E-state index in [1.165, 1.54) is 12.1 Å². The number of nitrogens with zero attached hydrogens (tertiary/aromatic N) is 1.